The molecule has 0 radical (unpaired) electrons. The van der Waals surface area contributed by atoms with Gasteiger partial charge in [0.2, 0.25) is 5.95 Å². The lowest BCUT2D eigenvalue weighted by molar-refractivity contribution is -0.0139. The summed E-state index contributed by atoms with van der Waals surface area (Å²) in [5.41, 5.74) is 2.11. The average Bonchev–Trinajstić information content (AvgIpc) is 3.01. The fourth-order valence-electron chi connectivity index (χ4n) is 5.47. The fraction of sp³-hybridized carbons (Fsp3) is 0.565. The molecule has 3 aliphatic carbocycles. The quantitative estimate of drug-likeness (QED) is 0.369. The predicted molar refractivity (Wildman–Crippen MR) is 126 cm³/mol. The molecule has 0 amide bonds. The molecule has 0 saturated heterocycles. The third kappa shape index (κ3) is 3.23. The number of rotatable bonds is 6. The molecule has 3 aromatic heterocycles. The van der Waals surface area contributed by atoms with Crippen LogP contribution in [0, 0.1) is 25.7 Å². The lowest BCUT2D eigenvalue weighted by Crippen LogP contribution is -2.41. The van der Waals surface area contributed by atoms with Crippen LogP contribution in [0.15, 0.2) is 12.3 Å². The van der Waals surface area contributed by atoms with Gasteiger partial charge in [-0.3, -0.25) is 4.98 Å². The average molecular weight is 469 g/mol. The molecule has 33 heavy (non-hydrogen) atoms. The molecule has 5 atom stereocenters. The lowest BCUT2D eigenvalue weighted by Gasteiger charge is -2.28. The van der Waals surface area contributed by atoms with E-state index < -0.39 is 11.7 Å². The van der Waals surface area contributed by atoms with Gasteiger partial charge in [-0.2, -0.15) is 4.98 Å². The predicted octanol–water partition coefficient (Wildman–Crippen LogP) is 2.24. The summed E-state index contributed by atoms with van der Waals surface area (Å²) >= 11 is 1.56. The second kappa shape index (κ2) is 7.56. The minimum Gasteiger partial charge on any atom is -0.396 e. The van der Waals surface area contributed by atoms with Crippen LogP contribution in [0.5, 0.6) is 0 Å². The Labute approximate surface area is 195 Å². The van der Waals surface area contributed by atoms with Crippen LogP contribution >= 0.6 is 11.3 Å². The van der Waals surface area contributed by atoms with E-state index in [2.05, 4.69) is 15.6 Å². The molecule has 9 nitrogen and oxygen atoms in total. The summed E-state index contributed by atoms with van der Waals surface area (Å²) in [6.45, 7) is 3.78. The molecule has 6 rings (SSSR count). The molecule has 10 heteroatoms. The second-order valence-electron chi connectivity index (χ2n) is 9.60. The van der Waals surface area contributed by atoms with Gasteiger partial charge in [-0.05, 0) is 45.6 Å². The van der Waals surface area contributed by atoms with Crippen LogP contribution in [-0.4, -0.2) is 65.7 Å². The Kier molecular flexibility index (Phi) is 4.84. The van der Waals surface area contributed by atoms with Gasteiger partial charge in [0.25, 0.3) is 0 Å². The molecule has 3 aliphatic rings. The molecule has 0 aromatic carbocycles. The molecule has 5 unspecified atom stereocenters. The molecule has 0 spiro atoms. The SMILES string of the molecule is Cc1nc(NC2CCC2)nc(NC2CC3C(CO)C3(O)C2O)c1-c1nc2c(C)nccc2s1. The Balaban J connectivity index is 1.39. The van der Waals surface area contributed by atoms with Crippen LogP contribution in [0.2, 0.25) is 0 Å². The number of hydrogen-bond donors (Lipinski definition) is 5. The monoisotopic (exact) mass is 468 g/mol. The van der Waals surface area contributed by atoms with E-state index in [4.69, 9.17) is 15.0 Å². The van der Waals surface area contributed by atoms with Crippen LogP contribution in [0.25, 0.3) is 20.8 Å². The maximum Gasteiger partial charge on any atom is 0.225 e. The Morgan fingerprint density at radius 3 is 2.61 bits per heavy atom. The molecular weight excluding hydrogens is 440 g/mol. The zero-order valence-corrected chi connectivity index (χ0v) is 19.4. The van der Waals surface area contributed by atoms with Gasteiger partial charge >= 0.3 is 0 Å². The van der Waals surface area contributed by atoms with Crippen LogP contribution in [-0.2, 0) is 0 Å². The van der Waals surface area contributed by atoms with Crippen molar-refractivity contribution >= 4 is 33.3 Å². The van der Waals surface area contributed by atoms with Gasteiger partial charge in [-0.1, -0.05) is 0 Å². The maximum atomic E-state index is 10.9. The van der Waals surface area contributed by atoms with Gasteiger partial charge in [-0.15, -0.1) is 11.3 Å². The maximum absolute atomic E-state index is 10.9. The van der Waals surface area contributed by atoms with Gasteiger partial charge in [0.15, 0.2) is 0 Å². The zero-order chi connectivity index (χ0) is 22.9. The Morgan fingerprint density at radius 1 is 1.15 bits per heavy atom. The van der Waals surface area contributed by atoms with Crippen molar-refractivity contribution in [2.75, 3.05) is 17.2 Å². The van der Waals surface area contributed by atoms with E-state index >= 15 is 0 Å². The number of aromatic nitrogens is 4. The van der Waals surface area contributed by atoms with Crippen molar-refractivity contribution in [2.45, 2.75) is 63.3 Å². The smallest absolute Gasteiger partial charge is 0.225 e. The Morgan fingerprint density at radius 2 is 1.97 bits per heavy atom. The number of nitrogens with zero attached hydrogens (tertiary/aromatic N) is 4. The highest BCUT2D eigenvalue weighted by Crippen LogP contribution is 2.61. The lowest BCUT2D eigenvalue weighted by atomic mass is 9.93. The van der Waals surface area contributed by atoms with E-state index in [0.29, 0.717) is 24.2 Å². The number of anilines is 2. The van der Waals surface area contributed by atoms with Crippen molar-refractivity contribution in [3.05, 3.63) is 23.7 Å². The minimum absolute atomic E-state index is 0.106. The number of nitrogens with one attached hydrogen (secondary N) is 2. The van der Waals surface area contributed by atoms with E-state index in [1.807, 2.05) is 19.9 Å². The third-order valence-corrected chi connectivity index (χ3v) is 8.72. The van der Waals surface area contributed by atoms with Crippen molar-refractivity contribution in [1.29, 1.82) is 0 Å². The molecule has 0 aliphatic heterocycles. The van der Waals surface area contributed by atoms with E-state index in [1.54, 1.807) is 17.5 Å². The van der Waals surface area contributed by atoms with Gasteiger partial charge in [0.05, 0.1) is 27.7 Å². The summed E-state index contributed by atoms with van der Waals surface area (Å²) in [6, 6.07) is 1.97. The van der Waals surface area contributed by atoms with Gasteiger partial charge in [0.1, 0.15) is 28.0 Å². The van der Waals surface area contributed by atoms with E-state index in [1.165, 1.54) is 6.42 Å². The largest absolute Gasteiger partial charge is 0.396 e. The number of pyridine rings is 1. The third-order valence-electron chi connectivity index (χ3n) is 7.68. The summed E-state index contributed by atoms with van der Waals surface area (Å²) < 4.78 is 1.04. The molecule has 3 heterocycles. The first kappa shape index (κ1) is 21.2. The standard InChI is InChI=1S/C23H28N6O3S/c1-10-17(21-28-18-11(2)24-7-6-16(18)33-21)20(29-22(25-10)26-12-4-3-5-12)27-15-8-13-14(9-30)23(13,32)19(15)31/h6-7,12-15,19,30-32H,3-5,8-9H2,1-2H3,(H2,25,26,27,29). The summed E-state index contributed by atoms with van der Waals surface area (Å²) in [5, 5.41) is 38.8. The van der Waals surface area contributed by atoms with Crippen LogP contribution in [0.3, 0.4) is 0 Å². The van der Waals surface area contributed by atoms with Gasteiger partial charge in [-0.25, -0.2) is 9.97 Å². The number of thiazole rings is 1. The first-order valence-corrected chi connectivity index (χ1v) is 12.4. The molecule has 3 aromatic rings. The number of aryl methyl sites for hydroxylation is 2. The van der Waals surface area contributed by atoms with Crippen molar-refractivity contribution in [3.63, 3.8) is 0 Å². The van der Waals surface area contributed by atoms with Crippen molar-refractivity contribution in [2.24, 2.45) is 11.8 Å². The second-order valence-corrected chi connectivity index (χ2v) is 10.6. The van der Waals surface area contributed by atoms with Crippen LogP contribution in [0.4, 0.5) is 11.8 Å². The number of aliphatic hydroxyl groups excluding tert-OH is 2. The molecule has 3 fully saturated rings. The van der Waals surface area contributed by atoms with E-state index in [-0.39, 0.29) is 24.5 Å². The number of hydrogen-bond acceptors (Lipinski definition) is 10. The van der Waals surface area contributed by atoms with Gasteiger partial charge in [0, 0.05) is 30.7 Å². The van der Waals surface area contributed by atoms with Crippen molar-refractivity contribution in [3.8, 4) is 10.6 Å². The summed E-state index contributed by atoms with van der Waals surface area (Å²) in [5.74, 6) is 0.799. The van der Waals surface area contributed by atoms with Gasteiger partial charge < -0.3 is 26.0 Å². The Bertz CT molecular complexity index is 1230. The summed E-state index contributed by atoms with van der Waals surface area (Å²) in [7, 11) is 0. The topological polar surface area (TPSA) is 136 Å². The minimum atomic E-state index is -1.22. The first-order chi connectivity index (χ1) is 15.9. The van der Waals surface area contributed by atoms with Crippen molar-refractivity contribution < 1.29 is 15.3 Å². The molecule has 5 N–H and O–H groups in total. The number of fused-ring (bicyclic) bond motifs is 2. The molecule has 3 saturated carbocycles. The summed E-state index contributed by atoms with van der Waals surface area (Å²) in [4.78, 5) is 18.7. The molecule has 174 valence electrons. The Hall–Kier alpha value is -2.40. The first-order valence-electron chi connectivity index (χ1n) is 11.6. The fourth-order valence-corrected chi connectivity index (χ4v) is 6.58. The molecule has 0 bridgehead atoms. The van der Waals surface area contributed by atoms with E-state index in [9.17, 15) is 15.3 Å². The number of aliphatic hydroxyl groups is 3. The van der Waals surface area contributed by atoms with Crippen LogP contribution < -0.4 is 10.6 Å². The highest BCUT2D eigenvalue weighted by Gasteiger charge is 2.73. The van der Waals surface area contributed by atoms with E-state index in [0.717, 1.165) is 45.0 Å². The highest BCUT2D eigenvalue weighted by molar-refractivity contribution is 7.21. The molecular formula is C23H28N6O3S. The zero-order valence-electron chi connectivity index (χ0n) is 18.6. The normalized spacial score (nSPS) is 30.8. The highest BCUT2D eigenvalue weighted by atomic mass is 32.1. The van der Waals surface area contributed by atoms with Crippen molar-refractivity contribution in [1.82, 2.24) is 19.9 Å². The van der Waals surface area contributed by atoms with Crippen LogP contribution in [0.1, 0.15) is 37.1 Å². The summed E-state index contributed by atoms with van der Waals surface area (Å²) in [6.07, 6.45) is 4.80.